The number of carbonyl (C=O) groups excluding carboxylic acids is 2. The number of hydrogen-bond donors (Lipinski definition) is 1. The van der Waals surface area contributed by atoms with Gasteiger partial charge in [-0.1, -0.05) is 18.2 Å². The summed E-state index contributed by atoms with van der Waals surface area (Å²) in [5, 5.41) is 2.71. The highest BCUT2D eigenvalue weighted by Crippen LogP contribution is 2.33. The van der Waals surface area contributed by atoms with Crippen LogP contribution in [-0.4, -0.2) is 29.4 Å². The summed E-state index contributed by atoms with van der Waals surface area (Å²) in [6, 6.07) is 12.6. The van der Waals surface area contributed by atoms with Crippen molar-refractivity contribution in [2.24, 2.45) is 0 Å². The molecule has 1 aliphatic heterocycles. The summed E-state index contributed by atoms with van der Waals surface area (Å²) in [6.07, 6.45) is 1.24. The highest BCUT2D eigenvalue weighted by molar-refractivity contribution is 6.00. The average Bonchev–Trinajstić information content (AvgIpc) is 2.56. The van der Waals surface area contributed by atoms with Gasteiger partial charge in [0.15, 0.2) is 6.10 Å². The minimum atomic E-state index is -0.552. The van der Waals surface area contributed by atoms with E-state index in [0.29, 0.717) is 23.8 Å². The van der Waals surface area contributed by atoms with E-state index in [0.717, 1.165) is 0 Å². The number of ether oxygens (including phenoxy) is 1. The quantitative estimate of drug-likeness (QED) is 0.940. The number of pyridine rings is 1. The normalized spacial score (nSPS) is 16.5. The second kappa shape index (κ2) is 6.48. The van der Waals surface area contributed by atoms with E-state index in [1.54, 1.807) is 36.2 Å². The van der Waals surface area contributed by atoms with Crippen LogP contribution < -0.4 is 15.0 Å². The number of anilines is 2. The summed E-state index contributed by atoms with van der Waals surface area (Å²) in [4.78, 5) is 30.0. The van der Waals surface area contributed by atoms with E-state index < -0.39 is 6.10 Å². The van der Waals surface area contributed by atoms with Crippen molar-refractivity contribution >= 4 is 23.3 Å². The molecule has 0 spiro atoms. The largest absolute Gasteiger partial charge is 0.479 e. The van der Waals surface area contributed by atoms with Gasteiger partial charge in [0.1, 0.15) is 11.6 Å². The second-order valence-electron chi connectivity index (χ2n) is 5.23. The third-order valence-corrected chi connectivity index (χ3v) is 3.57. The van der Waals surface area contributed by atoms with Crippen LogP contribution in [0.3, 0.4) is 0 Å². The van der Waals surface area contributed by atoms with Crippen LogP contribution in [0.5, 0.6) is 5.75 Å². The first kappa shape index (κ1) is 15.0. The molecule has 1 aliphatic rings. The van der Waals surface area contributed by atoms with Gasteiger partial charge in [-0.2, -0.15) is 0 Å². The molecule has 118 valence electrons. The molecular formula is C17H17N3O3. The zero-order valence-electron chi connectivity index (χ0n) is 12.7. The van der Waals surface area contributed by atoms with Crippen molar-refractivity contribution in [2.45, 2.75) is 19.4 Å². The lowest BCUT2D eigenvalue weighted by Gasteiger charge is -2.32. The monoisotopic (exact) mass is 311 g/mol. The van der Waals surface area contributed by atoms with Crippen LogP contribution in [-0.2, 0) is 9.59 Å². The Morgan fingerprint density at radius 3 is 2.83 bits per heavy atom. The van der Waals surface area contributed by atoms with Crippen molar-refractivity contribution in [2.75, 3.05) is 16.8 Å². The topological polar surface area (TPSA) is 71.5 Å². The lowest BCUT2D eigenvalue weighted by atomic mass is 10.1. The minimum absolute atomic E-state index is 0.144. The Balaban J connectivity index is 1.67. The molecule has 0 unspecified atom stereocenters. The first-order valence-electron chi connectivity index (χ1n) is 7.43. The molecule has 0 saturated heterocycles. The molecule has 6 heteroatoms. The zero-order chi connectivity index (χ0) is 16.2. The number of hydrogen-bond acceptors (Lipinski definition) is 4. The maximum atomic E-state index is 12.3. The molecule has 23 heavy (non-hydrogen) atoms. The molecule has 0 aliphatic carbocycles. The van der Waals surface area contributed by atoms with Gasteiger partial charge in [0.2, 0.25) is 5.91 Å². The summed E-state index contributed by atoms with van der Waals surface area (Å²) >= 11 is 0. The number of carbonyl (C=O) groups is 2. The van der Waals surface area contributed by atoms with Crippen LogP contribution in [0, 0.1) is 0 Å². The van der Waals surface area contributed by atoms with Gasteiger partial charge in [-0.25, -0.2) is 4.98 Å². The fourth-order valence-corrected chi connectivity index (χ4v) is 2.44. The van der Waals surface area contributed by atoms with Gasteiger partial charge >= 0.3 is 0 Å². The summed E-state index contributed by atoms with van der Waals surface area (Å²) < 4.78 is 5.57. The highest BCUT2D eigenvalue weighted by atomic mass is 16.5. The van der Waals surface area contributed by atoms with Gasteiger partial charge in [0.25, 0.3) is 5.91 Å². The third kappa shape index (κ3) is 3.31. The fourth-order valence-electron chi connectivity index (χ4n) is 2.44. The number of rotatable bonds is 4. The molecule has 0 saturated carbocycles. The van der Waals surface area contributed by atoms with Crippen LogP contribution in [0.1, 0.15) is 13.3 Å². The summed E-state index contributed by atoms with van der Waals surface area (Å²) in [5.74, 6) is 0.826. The SMILES string of the molecule is C[C@H]1Oc2ccccc2N(CCC(=O)Nc2ccccn2)C1=O. The number of fused-ring (bicyclic) bond motifs is 1. The smallest absolute Gasteiger partial charge is 0.267 e. The average molecular weight is 311 g/mol. The number of amides is 2. The zero-order valence-corrected chi connectivity index (χ0v) is 12.7. The van der Waals surface area contributed by atoms with E-state index in [4.69, 9.17) is 4.74 Å². The number of nitrogens with one attached hydrogen (secondary N) is 1. The van der Waals surface area contributed by atoms with Crippen LogP contribution in [0.4, 0.5) is 11.5 Å². The predicted molar refractivity (Wildman–Crippen MR) is 86.4 cm³/mol. The van der Waals surface area contributed by atoms with Crippen molar-refractivity contribution in [3.05, 3.63) is 48.7 Å². The summed E-state index contributed by atoms with van der Waals surface area (Å²) in [7, 11) is 0. The Morgan fingerprint density at radius 2 is 2.04 bits per heavy atom. The summed E-state index contributed by atoms with van der Waals surface area (Å²) in [6.45, 7) is 2.00. The lowest BCUT2D eigenvalue weighted by molar-refractivity contribution is -0.125. The van der Waals surface area contributed by atoms with Gasteiger partial charge in [0, 0.05) is 19.2 Å². The van der Waals surface area contributed by atoms with Crippen LogP contribution in [0.2, 0.25) is 0 Å². The first-order chi connectivity index (χ1) is 11.1. The fraction of sp³-hybridized carbons (Fsp3) is 0.235. The van der Waals surface area contributed by atoms with Crippen molar-refractivity contribution in [3.8, 4) is 5.75 Å². The predicted octanol–water partition coefficient (Wildman–Crippen LogP) is 2.22. The highest BCUT2D eigenvalue weighted by Gasteiger charge is 2.31. The number of para-hydroxylation sites is 2. The molecule has 1 aromatic carbocycles. The number of benzene rings is 1. The van der Waals surface area contributed by atoms with Crippen molar-refractivity contribution in [1.29, 1.82) is 0 Å². The van der Waals surface area contributed by atoms with E-state index >= 15 is 0 Å². The maximum Gasteiger partial charge on any atom is 0.267 e. The molecule has 0 bridgehead atoms. The Hall–Kier alpha value is -2.89. The van der Waals surface area contributed by atoms with E-state index in [2.05, 4.69) is 10.3 Å². The molecule has 0 radical (unpaired) electrons. The Kier molecular flexibility index (Phi) is 4.23. The molecule has 0 fully saturated rings. The van der Waals surface area contributed by atoms with Crippen LogP contribution >= 0.6 is 0 Å². The molecular weight excluding hydrogens is 294 g/mol. The van der Waals surface area contributed by atoms with E-state index in [1.807, 2.05) is 24.3 Å². The van der Waals surface area contributed by atoms with Gasteiger partial charge in [-0.3, -0.25) is 9.59 Å². The Bertz CT molecular complexity index is 718. The molecule has 2 aromatic rings. The van der Waals surface area contributed by atoms with Crippen molar-refractivity contribution in [3.63, 3.8) is 0 Å². The van der Waals surface area contributed by atoms with Gasteiger partial charge in [0.05, 0.1) is 5.69 Å². The Labute approximate surface area is 134 Å². The van der Waals surface area contributed by atoms with Gasteiger partial charge in [-0.05, 0) is 31.2 Å². The minimum Gasteiger partial charge on any atom is -0.479 e. The third-order valence-electron chi connectivity index (χ3n) is 3.57. The summed E-state index contributed by atoms with van der Waals surface area (Å²) in [5.41, 5.74) is 0.696. The van der Waals surface area contributed by atoms with Gasteiger partial charge in [-0.15, -0.1) is 0 Å². The van der Waals surface area contributed by atoms with Crippen LogP contribution in [0.25, 0.3) is 0 Å². The van der Waals surface area contributed by atoms with Crippen molar-refractivity contribution in [1.82, 2.24) is 4.98 Å². The van der Waals surface area contributed by atoms with Crippen LogP contribution in [0.15, 0.2) is 48.7 Å². The van der Waals surface area contributed by atoms with E-state index in [-0.39, 0.29) is 18.2 Å². The number of aromatic nitrogens is 1. The standard InChI is InChI=1S/C17H17N3O3/c1-12-17(22)20(13-6-2-3-7-14(13)23-12)11-9-16(21)19-15-8-4-5-10-18-15/h2-8,10,12H,9,11H2,1H3,(H,18,19,21)/t12-/m1/s1. The van der Waals surface area contributed by atoms with E-state index in [9.17, 15) is 9.59 Å². The first-order valence-corrected chi connectivity index (χ1v) is 7.43. The van der Waals surface area contributed by atoms with Crippen molar-refractivity contribution < 1.29 is 14.3 Å². The molecule has 1 N–H and O–H groups in total. The lowest BCUT2D eigenvalue weighted by Crippen LogP contribution is -2.45. The molecule has 2 heterocycles. The number of nitrogens with zero attached hydrogens (tertiary/aromatic N) is 2. The molecule has 3 rings (SSSR count). The molecule has 1 atom stereocenters. The van der Waals surface area contributed by atoms with E-state index in [1.165, 1.54) is 0 Å². The molecule has 1 aromatic heterocycles. The second-order valence-corrected chi connectivity index (χ2v) is 5.23. The van der Waals surface area contributed by atoms with Gasteiger partial charge < -0.3 is 15.0 Å². The maximum absolute atomic E-state index is 12.3. The molecule has 2 amide bonds. The Morgan fingerprint density at radius 1 is 1.26 bits per heavy atom. The molecule has 6 nitrogen and oxygen atoms in total.